The van der Waals surface area contributed by atoms with Crippen LogP contribution in [0.1, 0.15) is 5.56 Å². The third-order valence-corrected chi connectivity index (χ3v) is 11.3. The van der Waals surface area contributed by atoms with Gasteiger partial charge in [-0.25, -0.2) is 0 Å². The third kappa shape index (κ3) is 3.35. The molecule has 12 rings (SSSR count). The highest BCUT2D eigenvalue weighted by Crippen LogP contribution is 2.55. The van der Waals surface area contributed by atoms with Crippen molar-refractivity contribution in [1.82, 2.24) is 0 Å². The van der Waals surface area contributed by atoms with Crippen molar-refractivity contribution in [2.45, 2.75) is 0 Å². The normalized spacial score (nSPS) is 12.3. The van der Waals surface area contributed by atoms with Crippen LogP contribution in [0.15, 0.2) is 156 Å². The summed E-state index contributed by atoms with van der Waals surface area (Å²) in [7, 11) is 0. The summed E-state index contributed by atoms with van der Waals surface area (Å²) >= 11 is 0. The molecule has 0 aliphatic heterocycles. The molecule has 1 heterocycles. The second kappa shape index (κ2) is 9.60. The van der Waals surface area contributed by atoms with E-state index in [0.29, 0.717) is 5.56 Å². The molecule has 51 heavy (non-hydrogen) atoms. The Morgan fingerprint density at radius 3 is 1.67 bits per heavy atom. The SMILES string of the molecule is N#Cc1ccc2oc3c(cc4c5c(-c6ccccc6)c6c(cc7c8ccccc8c8cccc6c87)c(-c6ccccc6)c5c5cccc3c54)c2c1. The number of hydrogen-bond donors (Lipinski definition) is 0. The number of nitrogens with zero attached hydrogens (tertiary/aromatic N) is 1. The van der Waals surface area contributed by atoms with Gasteiger partial charge in [-0.3, -0.25) is 0 Å². The lowest BCUT2D eigenvalue weighted by Crippen LogP contribution is -1.91. The van der Waals surface area contributed by atoms with E-state index in [9.17, 15) is 5.26 Å². The number of nitriles is 1. The van der Waals surface area contributed by atoms with Crippen LogP contribution in [0.5, 0.6) is 0 Å². The van der Waals surface area contributed by atoms with Crippen molar-refractivity contribution >= 4 is 97.3 Å². The van der Waals surface area contributed by atoms with E-state index in [-0.39, 0.29) is 0 Å². The van der Waals surface area contributed by atoms with Crippen LogP contribution in [-0.2, 0) is 0 Å². The molecule has 0 saturated heterocycles. The van der Waals surface area contributed by atoms with Gasteiger partial charge < -0.3 is 4.42 Å². The van der Waals surface area contributed by atoms with Crippen LogP contribution < -0.4 is 0 Å². The van der Waals surface area contributed by atoms with Gasteiger partial charge in [-0.2, -0.15) is 5.26 Å². The zero-order valence-corrected chi connectivity index (χ0v) is 27.3. The van der Waals surface area contributed by atoms with E-state index in [1.165, 1.54) is 92.3 Å². The Hall–Kier alpha value is -6.95. The minimum Gasteiger partial charge on any atom is -0.455 e. The fraction of sp³-hybridized carbons (Fsp3) is 0. The lowest BCUT2D eigenvalue weighted by molar-refractivity contribution is 0.672. The molecule has 1 aromatic heterocycles. The lowest BCUT2D eigenvalue weighted by atomic mass is 9.84. The zero-order chi connectivity index (χ0) is 33.4. The average Bonchev–Trinajstić information content (AvgIpc) is 3.84. The second-order valence-corrected chi connectivity index (χ2v) is 13.8. The molecule has 11 aromatic carbocycles. The first-order valence-electron chi connectivity index (χ1n) is 17.4. The van der Waals surface area contributed by atoms with E-state index in [0.717, 1.165) is 27.3 Å². The molecule has 0 fully saturated rings. The summed E-state index contributed by atoms with van der Waals surface area (Å²) in [5, 5.41) is 29.4. The van der Waals surface area contributed by atoms with Crippen LogP contribution in [0.3, 0.4) is 0 Å². The van der Waals surface area contributed by atoms with Gasteiger partial charge in [-0.1, -0.05) is 121 Å². The Balaban J connectivity index is 1.44. The van der Waals surface area contributed by atoms with Crippen molar-refractivity contribution in [2.75, 3.05) is 0 Å². The summed E-state index contributed by atoms with van der Waals surface area (Å²) in [6.45, 7) is 0. The predicted molar refractivity (Wildman–Crippen MR) is 214 cm³/mol. The first kappa shape index (κ1) is 26.9. The molecule has 0 aliphatic carbocycles. The summed E-state index contributed by atoms with van der Waals surface area (Å²) < 4.78 is 6.63. The van der Waals surface area contributed by atoms with Crippen LogP contribution in [0, 0.1) is 11.3 Å². The second-order valence-electron chi connectivity index (χ2n) is 13.8. The Labute approximate surface area is 291 Å². The van der Waals surface area contributed by atoms with Crippen LogP contribution in [0.4, 0.5) is 0 Å². The molecule has 2 heteroatoms. The molecule has 0 atom stereocenters. The van der Waals surface area contributed by atoms with Crippen molar-refractivity contribution in [3.05, 3.63) is 157 Å². The summed E-state index contributed by atoms with van der Waals surface area (Å²) in [4.78, 5) is 0. The van der Waals surface area contributed by atoms with E-state index >= 15 is 0 Å². The smallest absolute Gasteiger partial charge is 0.143 e. The highest BCUT2D eigenvalue weighted by molar-refractivity contribution is 6.46. The van der Waals surface area contributed by atoms with Gasteiger partial charge in [0.25, 0.3) is 0 Å². The van der Waals surface area contributed by atoms with E-state index in [1.54, 1.807) is 0 Å². The average molecular weight is 644 g/mol. The van der Waals surface area contributed by atoms with Crippen LogP contribution >= 0.6 is 0 Å². The van der Waals surface area contributed by atoms with E-state index in [1.807, 2.05) is 18.2 Å². The van der Waals surface area contributed by atoms with Crippen molar-refractivity contribution < 1.29 is 4.42 Å². The summed E-state index contributed by atoms with van der Waals surface area (Å²) in [5.41, 5.74) is 7.19. The molecule has 0 spiro atoms. The molecule has 0 unspecified atom stereocenters. The van der Waals surface area contributed by atoms with Gasteiger partial charge in [0.05, 0.1) is 11.6 Å². The number of fused-ring (bicyclic) bond motifs is 12. The molecular weight excluding hydrogens is 619 g/mol. The number of benzene rings is 9. The monoisotopic (exact) mass is 643 g/mol. The number of rotatable bonds is 2. The maximum absolute atomic E-state index is 9.83. The van der Waals surface area contributed by atoms with Crippen molar-refractivity contribution in [1.29, 1.82) is 5.26 Å². The Morgan fingerprint density at radius 1 is 0.353 bits per heavy atom. The van der Waals surface area contributed by atoms with Gasteiger partial charge in [0.1, 0.15) is 11.2 Å². The quantitative estimate of drug-likeness (QED) is 0.176. The van der Waals surface area contributed by atoms with Crippen LogP contribution in [-0.4, -0.2) is 0 Å². The minimum absolute atomic E-state index is 0.628. The fourth-order valence-electron chi connectivity index (χ4n) is 9.37. The van der Waals surface area contributed by atoms with Crippen molar-refractivity contribution in [3.63, 3.8) is 0 Å². The molecule has 0 radical (unpaired) electrons. The third-order valence-electron chi connectivity index (χ3n) is 11.3. The number of furan rings is 1. The molecule has 232 valence electrons. The van der Waals surface area contributed by atoms with Gasteiger partial charge in [0.2, 0.25) is 0 Å². The molecular formula is C49H25NO. The minimum atomic E-state index is 0.628. The first-order valence-corrected chi connectivity index (χ1v) is 17.4. The fourth-order valence-corrected chi connectivity index (χ4v) is 9.37. The summed E-state index contributed by atoms with van der Waals surface area (Å²) in [6, 6.07) is 57.1. The highest BCUT2D eigenvalue weighted by atomic mass is 16.3. The van der Waals surface area contributed by atoms with Gasteiger partial charge in [-0.15, -0.1) is 0 Å². The molecule has 0 aliphatic rings. The first-order chi connectivity index (χ1) is 25.3. The van der Waals surface area contributed by atoms with Gasteiger partial charge >= 0.3 is 0 Å². The lowest BCUT2D eigenvalue weighted by Gasteiger charge is -2.19. The standard InChI is InChI=1S/C49H25NO/c50-26-27-21-22-41-36(23-27)38-25-40-45-34(19-10-20-35(45)49(38)51-41)47-42(28-11-3-1-4-12-28)39-24-37-31-16-8-7-15-30(31)32-17-9-18-33(44(32)37)46(39)43(48(40)47)29-13-5-2-6-14-29/h1-25H. The Kier molecular flexibility index (Phi) is 5.07. The largest absolute Gasteiger partial charge is 0.455 e. The predicted octanol–water partition coefficient (Wildman–Crippen LogP) is 13.7. The molecule has 0 bridgehead atoms. The summed E-state index contributed by atoms with van der Waals surface area (Å²) in [6.07, 6.45) is 0. The molecule has 12 aromatic rings. The Bertz CT molecular complexity index is 3460. The van der Waals surface area contributed by atoms with E-state index in [2.05, 4.69) is 140 Å². The van der Waals surface area contributed by atoms with E-state index in [4.69, 9.17) is 4.42 Å². The topological polar surface area (TPSA) is 36.9 Å². The molecule has 0 amide bonds. The highest BCUT2D eigenvalue weighted by Gasteiger charge is 2.27. The van der Waals surface area contributed by atoms with Gasteiger partial charge in [-0.05, 0) is 117 Å². The maximum atomic E-state index is 9.83. The van der Waals surface area contributed by atoms with Gasteiger partial charge in [0, 0.05) is 21.5 Å². The van der Waals surface area contributed by atoms with Crippen LogP contribution in [0.25, 0.3) is 120 Å². The zero-order valence-electron chi connectivity index (χ0n) is 27.3. The van der Waals surface area contributed by atoms with E-state index < -0.39 is 0 Å². The maximum Gasteiger partial charge on any atom is 0.143 e. The van der Waals surface area contributed by atoms with Gasteiger partial charge in [0.15, 0.2) is 0 Å². The number of hydrogen-bond acceptors (Lipinski definition) is 2. The Morgan fingerprint density at radius 2 is 0.922 bits per heavy atom. The molecule has 0 saturated carbocycles. The van der Waals surface area contributed by atoms with Crippen LogP contribution in [0.2, 0.25) is 0 Å². The summed E-state index contributed by atoms with van der Waals surface area (Å²) in [5.74, 6) is 0. The van der Waals surface area contributed by atoms with Crippen molar-refractivity contribution in [2.24, 2.45) is 0 Å². The van der Waals surface area contributed by atoms with Crippen molar-refractivity contribution in [3.8, 4) is 28.3 Å². The molecule has 2 nitrogen and oxygen atoms in total. The molecule has 0 N–H and O–H groups in total.